The van der Waals surface area contributed by atoms with Gasteiger partial charge in [0.15, 0.2) is 11.6 Å². The third-order valence-corrected chi connectivity index (χ3v) is 3.84. The second-order valence-corrected chi connectivity index (χ2v) is 5.83. The highest BCUT2D eigenvalue weighted by atomic mass is 35.5. The number of hydrogen-bond acceptors (Lipinski definition) is 3. The van der Waals surface area contributed by atoms with E-state index in [4.69, 9.17) is 11.6 Å². The van der Waals surface area contributed by atoms with E-state index in [1.165, 1.54) is 24.3 Å². The molecule has 0 fully saturated rings. The van der Waals surface area contributed by atoms with E-state index in [9.17, 15) is 18.4 Å². The Bertz CT molecular complexity index is 1030. The topological polar surface area (TPSA) is 71.1 Å². The number of aromatic nitrogens is 1. The Kier molecular flexibility index (Phi) is 5.42. The number of nitrogens with one attached hydrogen (secondary N) is 2. The molecule has 1 heterocycles. The van der Waals surface area contributed by atoms with Gasteiger partial charge < -0.3 is 10.6 Å². The molecule has 1 aromatic heterocycles. The lowest BCUT2D eigenvalue weighted by atomic mass is 10.2. The highest BCUT2D eigenvalue weighted by molar-refractivity contribution is 6.33. The SMILES string of the molecule is O=C(Nc1ccc(F)c(F)c1)c1cccc(C(=O)Nc2ccccc2Cl)n1. The highest BCUT2D eigenvalue weighted by Gasteiger charge is 2.14. The molecule has 2 N–H and O–H groups in total. The molecule has 5 nitrogen and oxygen atoms in total. The van der Waals surface area contributed by atoms with Gasteiger partial charge in [0, 0.05) is 11.8 Å². The number of amides is 2. The average molecular weight is 388 g/mol. The number of hydrogen-bond donors (Lipinski definition) is 2. The van der Waals surface area contributed by atoms with Crippen molar-refractivity contribution in [2.75, 3.05) is 10.6 Å². The van der Waals surface area contributed by atoms with Crippen molar-refractivity contribution < 1.29 is 18.4 Å². The summed E-state index contributed by atoms with van der Waals surface area (Å²) < 4.78 is 26.2. The van der Waals surface area contributed by atoms with E-state index in [0.717, 1.165) is 12.1 Å². The summed E-state index contributed by atoms with van der Waals surface area (Å²) in [4.78, 5) is 28.6. The van der Waals surface area contributed by atoms with Crippen LogP contribution in [0.4, 0.5) is 20.2 Å². The molecule has 3 aromatic rings. The first-order valence-corrected chi connectivity index (χ1v) is 8.11. The van der Waals surface area contributed by atoms with Crippen molar-refractivity contribution in [2.45, 2.75) is 0 Å². The van der Waals surface area contributed by atoms with Gasteiger partial charge in [-0.3, -0.25) is 9.59 Å². The summed E-state index contributed by atoms with van der Waals surface area (Å²) in [5.41, 5.74) is 0.397. The first kappa shape index (κ1) is 18.5. The fraction of sp³-hybridized carbons (Fsp3) is 0. The Morgan fingerprint density at radius 2 is 1.48 bits per heavy atom. The number of para-hydroxylation sites is 1. The van der Waals surface area contributed by atoms with Crippen LogP contribution in [-0.4, -0.2) is 16.8 Å². The molecule has 0 saturated carbocycles. The molecule has 3 rings (SSSR count). The Balaban J connectivity index is 1.76. The Labute approximate surface area is 158 Å². The van der Waals surface area contributed by atoms with Gasteiger partial charge in [-0.1, -0.05) is 29.8 Å². The fourth-order valence-electron chi connectivity index (χ4n) is 2.21. The molecule has 0 bridgehead atoms. The summed E-state index contributed by atoms with van der Waals surface area (Å²) in [5, 5.41) is 5.35. The van der Waals surface area contributed by atoms with Crippen LogP contribution in [0.15, 0.2) is 60.7 Å². The molecule has 8 heteroatoms. The molecule has 0 aliphatic carbocycles. The van der Waals surface area contributed by atoms with Gasteiger partial charge in [0.2, 0.25) is 0 Å². The summed E-state index contributed by atoms with van der Waals surface area (Å²) in [6, 6.07) is 13.9. The lowest BCUT2D eigenvalue weighted by Gasteiger charge is -2.08. The van der Waals surface area contributed by atoms with E-state index >= 15 is 0 Å². The van der Waals surface area contributed by atoms with E-state index < -0.39 is 23.4 Å². The third kappa shape index (κ3) is 4.45. The minimum Gasteiger partial charge on any atom is -0.321 e. The molecule has 2 aromatic carbocycles. The quantitative estimate of drug-likeness (QED) is 0.691. The maximum atomic E-state index is 13.2. The van der Waals surface area contributed by atoms with Crippen LogP contribution in [-0.2, 0) is 0 Å². The van der Waals surface area contributed by atoms with Crippen molar-refractivity contribution >= 4 is 34.8 Å². The highest BCUT2D eigenvalue weighted by Crippen LogP contribution is 2.21. The second kappa shape index (κ2) is 7.92. The molecule has 0 unspecified atom stereocenters. The molecule has 0 aliphatic rings. The van der Waals surface area contributed by atoms with Crippen LogP contribution in [0, 0.1) is 11.6 Å². The normalized spacial score (nSPS) is 10.3. The molecule has 0 radical (unpaired) electrons. The predicted octanol–water partition coefficient (Wildman–Crippen LogP) is 4.52. The minimum atomic E-state index is -1.09. The third-order valence-electron chi connectivity index (χ3n) is 3.51. The largest absolute Gasteiger partial charge is 0.321 e. The van der Waals surface area contributed by atoms with E-state index in [1.807, 2.05) is 0 Å². The first-order valence-electron chi connectivity index (χ1n) is 7.73. The lowest BCUT2D eigenvalue weighted by molar-refractivity contribution is 0.101. The Morgan fingerprint density at radius 3 is 2.15 bits per heavy atom. The molecule has 0 aliphatic heterocycles. The van der Waals surface area contributed by atoms with E-state index in [1.54, 1.807) is 24.3 Å². The van der Waals surface area contributed by atoms with Gasteiger partial charge in [-0.25, -0.2) is 13.8 Å². The molecule has 0 atom stereocenters. The zero-order chi connectivity index (χ0) is 19.4. The van der Waals surface area contributed by atoms with Crippen LogP contribution >= 0.6 is 11.6 Å². The molecule has 0 saturated heterocycles. The van der Waals surface area contributed by atoms with Gasteiger partial charge in [0.05, 0.1) is 10.7 Å². The van der Waals surface area contributed by atoms with E-state index in [-0.39, 0.29) is 17.1 Å². The zero-order valence-electron chi connectivity index (χ0n) is 13.7. The summed E-state index contributed by atoms with van der Waals surface area (Å²) >= 11 is 6.00. The van der Waals surface area contributed by atoms with Gasteiger partial charge in [-0.05, 0) is 36.4 Å². The molecule has 0 spiro atoms. The monoisotopic (exact) mass is 387 g/mol. The van der Waals surface area contributed by atoms with Gasteiger partial charge >= 0.3 is 0 Å². The maximum absolute atomic E-state index is 13.2. The number of carbonyl (C=O) groups excluding carboxylic acids is 2. The van der Waals surface area contributed by atoms with Gasteiger partial charge in [-0.15, -0.1) is 0 Å². The van der Waals surface area contributed by atoms with Crippen LogP contribution < -0.4 is 10.6 Å². The van der Waals surface area contributed by atoms with Crippen LogP contribution in [0.5, 0.6) is 0 Å². The molecule has 27 heavy (non-hydrogen) atoms. The number of benzene rings is 2. The predicted molar refractivity (Wildman–Crippen MR) is 98.0 cm³/mol. The van der Waals surface area contributed by atoms with Crippen molar-refractivity contribution in [3.8, 4) is 0 Å². The van der Waals surface area contributed by atoms with E-state index in [0.29, 0.717) is 10.7 Å². The van der Waals surface area contributed by atoms with Crippen molar-refractivity contribution in [1.29, 1.82) is 0 Å². The summed E-state index contributed by atoms with van der Waals surface area (Å²) in [5.74, 6) is -3.34. The average Bonchev–Trinajstić information content (AvgIpc) is 2.66. The molecular formula is C19H12ClF2N3O2. The van der Waals surface area contributed by atoms with E-state index in [2.05, 4.69) is 15.6 Å². The van der Waals surface area contributed by atoms with Crippen molar-refractivity contribution in [3.63, 3.8) is 0 Å². The smallest absolute Gasteiger partial charge is 0.274 e. The standard InChI is InChI=1S/C19H12ClF2N3O2/c20-12-4-1-2-5-15(12)25-19(27)17-7-3-6-16(24-17)18(26)23-11-8-9-13(21)14(22)10-11/h1-10H,(H,23,26)(H,25,27). The minimum absolute atomic E-state index is 0.00661. The van der Waals surface area contributed by atoms with Gasteiger partial charge in [0.1, 0.15) is 11.4 Å². The number of pyridine rings is 1. The van der Waals surface area contributed by atoms with Crippen LogP contribution in [0.2, 0.25) is 5.02 Å². The van der Waals surface area contributed by atoms with Gasteiger partial charge in [0.25, 0.3) is 11.8 Å². The number of rotatable bonds is 4. The number of anilines is 2. The van der Waals surface area contributed by atoms with Crippen LogP contribution in [0.25, 0.3) is 0 Å². The lowest BCUT2D eigenvalue weighted by Crippen LogP contribution is -2.18. The Hall–Kier alpha value is -3.32. The van der Waals surface area contributed by atoms with Crippen molar-refractivity contribution in [3.05, 3.63) is 88.7 Å². The van der Waals surface area contributed by atoms with Gasteiger partial charge in [-0.2, -0.15) is 0 Å². The summed E-state index contributed by atoms with van der Waals surface area (Å²) in [6.07, 6.45) is 0. The van der Waals surface area contributed by atoms with Crippen molar-refractivity contribution in [2.24, 2.45) is 0 Å². The van der Waals surface area contributed by atoms with Crippen LogP contribution in [0.3, 0.4) is 0 Å². The molecule has 2 amide bonds. The van der Waals surface area contributed by atoms with Crippen LogP contribution in [0.1, 0.15) is 21.0 Å². The summed E-state index contributed by atoms with van der Waals surface area (Å²) in [6.45, 7) is 0. The van der Waals surface area contributed by atoms with Crippen molar-refractivity contribution in [1.82, 2.24) is 4.98 Å². The number of carbonyl (C=O) groups is 2. The fourth-order valence-corrected chi connectivity index (χ4v) is 2.39. The molecule has 136 valence electrons. The number of halogens is 3. The Morgan fingerprint density at radius 1 is 0.815 bits per heavy atom. The maximum Gasteiger partial charge on any atom is 0.274 e. The first-order chi connectivity index (χ1) is 12.9. The second-order valence-electron chi connectivity index (χ2n) is 5.43. The zero-order valence-corrected chi connectivity index (χ0v) is 14.4. The molecular weight excluding hydrogens is 376 g/mol. The number of nitrogens with zero attached hydrogens (tertiary/aromatic N) is 1. The summed E-state index contributed by atoms with van der Waals surface area (Å²) in [7, 11) is 0.